The summed E-state index contributed by atoms with van der Waals surface area (Å²) in [6, 6.07) is 16.3. The number of aromatic nitrogens is 4. The van der Waals surface area contributed by atoms with Gasteiger partial charge in [0.15, 0.2) is 0 Å². The van der Waals surface area contributed by atoms with Gasteiger partial charge in [-0.2, -0.15) is 4.98 Å². The standard InChI is InChI=1S/C24H15F2N5O3/c25-14-8-9-18(17(26)11-14)28-21(32)13-31-20-7-2-1-5-15(20)16(12-22(31)33)24-29-23(30-34-24)19-6-3-4-10-27-19/h1-12H,13H2,(H,28,32). The van der Waals surface area contributed by atoms with Crippen molar-refractivity contribution in [1.82, 2.24) is 19.7 Å². The van der Waals surface area contributed by atoms with Crippen molar-refractivity contribution in [3.8, 4) is 23.0 Å². The second-order valence-corrected chi connectivity index (χ2v) is 7.31. The quantitative estimate of drug-likeness (QED) is 0.426. The van der Waals surface area contributed by atoms with Crippen molar-refractivity contribution in [3.05, 3.63) is 94.9 Å². The average molecular weight is 459 g/mol. The maximum absolute atomic E-state index is 13.9. The first kappa shape index (κ1) is 21.1. The molecule has 5 rings (SSSR count). The molecule has 0 fully saturated rings. The first-order valence-electron chi connectivity index (χ1n) is 10.1. The fourth-order valence-corrected chi connectivity index (χ4v) is 3.53. The second kappa shape index (κ2) is 8.66. The van der Waals surface area contributed by atoms with Crippen LogP contribution in [0.1, 0.15) is 0 Å². The van der Waals surface area contributed by atoms with Crippen molar-refractivity contribution in [1.29, 1.82) is 0 Å². The van der Waals surface area contributed by atoms with E-state index < -0.39 is 23.1 Å². The van der Waals surface area contributed by atoms with Crippen LogP contribution in [0, 0.1) is 11.6 Å². The maximum Gasteiger partial charge on any atom is 0.259 e. The highest BCUT2D eigenvalue weighted by molar-refractivity contribution is 5.95. The zero-order valence-electron chi connectivity index (χ0n) is 17.4. The average Bonchev–Trinajstić information content (AvgIpc) is 3.33. The van der Waals surface area contributed by atoms with Gasteiger partial charge in [-0.15, -0.1) is 0 Å². The molecule has 1 amide bonds. The molecule has 0 saturated heterocycles. The van der Waals surface area contributed by atoms with Crippen LogP contribution in [0.25, 0.3) is 33.9 Å². The van der Waals surface area contributed by atoms with Gasteiger partial charge in [-0.3, -0.25) is 19.1 Å². The maximum atomic E-state index is 13.9. The number of carbonyl (C=O) groups is 1. The molecule has 168 valence electrons. The van der Waals surface area contributed by atoms with Gasteiger partial charge in [0.05, 0.1) is 16.8 Å². The summed E-state index contributed by atoms with van der Waals surface area (Å²) in [7, 11) is 0. The van der Waals surface area contributed by atoms with Gasteiger partial charge in [0.1, 0.15) is 23.9 Å². The van der Waals surface area contributed by atoms with E-state index in [1.807, 2.05) is 0 Å². The van der Waals surface area contributed by atoms with E-state index in [0.717, 1.165) is 12.1 Å². The molecule has 0 aliphatic heterocycles. The van der Waals surface area contributed by atoms with E-state index in [0.29, 0.717) is 28.2 Å². The molecular formula is C24H15F2N5O3. The predicted molar refractivity (Wildman–Crippen MR) is 120 cm³/mol. The van der Waals surface area contributed by atoms with Crippen molar-refractivity contribution in [2.45, 2.75) is 6.54 Å². The topological polar surface area (TPSA) is 103 Å². The van der Waals surface area contributed by atoms with Crippen LogP contribution in [-0.2, 0) is 11.3 Å². The Kier molecular flexibility index (Phi) is 5.38. The van der Waals surface area contributed by atoms with E-state index in [9.17, 15) is 18.4 Å². The van der Waals surface area contributed by atoms with Crippen LogP contribution in [0.15, 0.2) is 82.2 Å². The summed E-state index contributed by atoms with van der Waals surface area (Å²) in [5, 5.41) is 6.90. The molecular weight excluding hydrogens is 444 g/mol. The Morgan fingerprint density at radius 1 is 1.03 bits per heavy atom. The Labute approximate surface area is 190 Å². The van der Waals surface area contributed by atoms with Gasteiger partial charge in [-0.1, -0.05) is 29.4 Å². The Bertz CT molecular complexity index is 1580. The Hall–Kier alpha value is -4.73. The lowest BCUT2D eigenvalue weighted by molar-refractivity contribution is -0.116. The molecule has 0 spiro atoms. The van der Waals surface area contributed by atoms with Gasteiger partial charge in [-0.25, -0.2) is 8.78 Å². The summed E-state index contributed by atoms with van der Waals surface area (Å²) < 4.78 is 33.6. The fraction of sp³-hybridized carbons (Fsp3) is 0.0417. The van der Waals surface area contributed by atoms with Crippen molar-refractivity contribution < 1.29 is 18.1 Å². The number of anilines is 1. The summed E-state index contributed by atoms with van der Waals surface area (Å²) in [6.45, 7) is -0.389. The third-order valence-electron chi connectivity index (χ3n) is 5.08. The van der Waals surface area contributed by atoms with Gasteiger partial charge < -0.3 is 9.84 Å². The van der Waals surface area contributed by atoms with Gasteiger partial charge >= 0.3 is 0 Å². The number of benzene rings is 2. The van der Waals surface area contributed by atoms with Gasteiger partial charge in [0, 0.05) is 23.7 Å². The lowest BCUT2D eigenvalue weighted by Crippen LogP contribution is -2.28. The molecule has 10 heteroatoms. The largest absolute Gasteiger partial charge is 0.334 e. The van der Waals surface area contributed by atoms with Gasteiger partial charge in [0.25, 0.3) is 11.4 Å². The van der Waals surface area contributed by atoms with Crippen LogP contribution in [-0.4, -0.2) is 25.6 Å². The van der Waals surface area contributed by atoms with Crippen LogP contribution in [0.2, 0.25) is 0 Å². The third kappa shape index (κ3) is 4.04. The minimum atomic E-state index is -0.916. The van der Waals surface area contributed by atoms with Crippen molar-refractivity contribution >= 4 is 22.5 Å². The van der Waals surface area contributed by atoms with E-state index in [1.165, 1.54) is 10.6 Å². The zero-order chi connectivity index (χ0) is 23.7. The first-order chi connectivity index (χ1) is 16.5. The number of nitrogens with one attached hydrogen (secondary N) is 1. The SMILES string of the molecule is O=C(Cn1c(=O)cc(-c2nc(-c3ccccn3)no2)c2ccccc21)Nc1ccc(F)cc1F. The number of para-hydroxylation sites is 1. The van der Waals surface area contributed by atoms with Gasteiger partial charge in [-0.05, 0) is 30.3 Å². The van der Waals surface area contributed by atoms with E-state index in [4.69, 9.17) is 4.52 Å². The van der Waals surface area contributed by atoms with Crippen molar-refractivity contribution in [2.24, 2.45) is 0 Å². The molecule has 3 aromatic heterocycles. The number of carbonyl (C=O) groups excluding carboxylic acids is 1. The molecule has 0 aliphatic rings. The highest BCUT2D eigenvalue weighted by atomic mass is 19.1. The third-order valence-corrected chi connectivity index (χ3v) is 5.08. The molecule has 1 N–H and O–H groups in total. The normalized spacial score (nSPS) is 11.0. The number of hydrogen-bond acceptors (Lipinski definition) is 6. The van der Waals surface area contributed by atoms with E-state index >= 15 is 0 Å². The number of nitrogens with zero attached hydrogens (tertiary/aromatic N) is 4. The van der Waals surface area contributed by atoms with Crippen molar-refractivity contribution in [2.75, 3.05) is 5.32 Å². The molecule has 0 atom stereocenters. The summed E-state index contributed by atoms with van der Waals surface area (Å²) in [6.07, 6.45) is 1.60. The van der Waals surface area contributed by atoms with Crippen molar-refractivity contribution in [3.63, 3.8) is 0 Å². The molecule has 0 radical (unpaired) electrons. The van der Waals surface area contributed by atoms with E-state index in [1.54, 1.807) is 48.7 Å². The molecule has 8 nitrogen and oxygen atoms in total. The number of rotatable bonds is 5. The number of halogens is 2. The summed E-state index contributed by atoms with van der Waals surface area (Å²) >= 11 is 0. The summed E-state index contributed by atoms with van der Waals surface area (Å²) in [5.74, 6) is -1.94. The molecule has 34 heavy (non-hydrogen) atoms. The number of amides is 1. The van der Waals surface area contributed by atoms with Crippen LogP contribution >= 0.6 is 0 Å². The second-order valence-electron chi connectivity index (χ2n) is 7.31. The zero-order valence-corrected chi connectivity index (χ0v) is 17.4. The summed E-state index contributed by atoms with van der Waals surface area (Å²) in [5.41, 5.74) is 0.669. The van der Waals surface area contributed by atoms with Crippen LogP contribution in [0.4, 0.5) is 14.5 Å². The minimum absolute atomic E-state index is 0.124. The monoisotopic (exact) mass is 459 g/mol. The molecule has 0 bridgehead atoms. The van der Waals surface area contributed by atoms with E-state index in [2.05, 4.69) is 20.4 Å². The number of fused-ring (bicyclic) bond motifs is 1. The highest BCUT2D eigenvalue weighted by Gasteiger charge is 2.18. The minimum Gasteiger partial charge on any atom is -0.334 e. The Morgan fingerprint density at radius 3 is 2.65 bits per heavy atom. The fourth-order valence-electron chi connectivity index (χ4n) is 3.53. The van der Waals surface area contributed by atoms with Crippen LogP contribution < -0.4 is 10.9 Å². The Balaban J connectivity index is 1.50. The molecule has 2 aromatic carbocycles. The highest BCUT2D eigenvalue weighted by Crippen LogP contribution is 2.27. The van der Waals surface area contributed by atoms with E-state index in [-0.39, 0.29) is 23.9 Å². The molecule has 0 unspecified atom stereocenters. The summed E-state index contributed by atoms with van der Waals surface area (Å²) in [4.78, 5) is 34.1. The number of hydrogen-bond donors (Lipinski definition) is 1. The molecule has 5 aromatic rings. The van der Waals surface area contributed by atoms with Crippen LogP contribution in [0.5, 0.6) is 0 Å². The molecule has 3 heterocycles. The van der Waals surface area contributed by atoms with Crippen LogP contribution in [0.3, 0.4) is 0 Å². The van der Waals surface area contributed by atoms with Gasteiger partial charge in [0.2, 0.25) is 11.7 Å². The lowest BCUT2D eigenvalue weighted by Gasteiger charge is -2.12. The lowest BCUT2D eigenvalue weighted by atomic mass is 10.1. The number of pyridine rings is 2. The predicted octanol–water partition coefficient (Wildman–Crippen LogP) is 4.03. The first-order valence-corrected chi connectivity index (χ1v) is 10.1. The smallest absolute Gasteiger partial charge is 0.259 e. The Morgan fingerprint density at radius 2 is 1.85 bits per heavy atom. The molecule has 0 aliphatic carbocycles. The molecule has 0 saturated carbocycles.